The van der Waals surface area contributed by atoms with Gasteiger partial charge in [0.1, 0.15) is 12.1 Å². The van der Waals surface area contributed by atoms with Gasteiger partial charge in [0.15, 0.2) is 5.78 Å². The summed E-state index contributed by atoms with van der Waals surface area (Å²) >= 11 is 3.37. The number of carbonyl (C=O) groups is 2. The first-order chi connectivity index (χ1) is 11.0. The molecule has 2 atom stereocenters. The molecule has 0 unspecified atom stereocenters. The molecule has 0 fully saturated rings. The zero-order valence-corrected chi connectivity index (χ0v) is 14.5. The van der Waals surface area contributed by atoms with E-state index in [-0.39, 0.29) is 5.78 Å². The molecule has 0 amide bonds. The number of Topliss-reactive ketones (excluding diaryl/α,β-unsaturated/α-hetero) is 1. The lowest BCUT2D eigenvalue weighted by molar-refractivity contribution is -0.147. The van der Waals surface area contributed by atoms with Gasteiger partial charge in [0.25, 0.3) is 0 Å². The molecular weight excluding hydrogens is 358 g/mol. The standard InChI is InChI=1S/C18H18BrNO3/c1-12(21)23-18(14-8-10-15(19)11-9-14)16(20-2)17(22)13-6-4-3-5-7-13/h3-11,16,18,20H,1-2H3/t16-,18+/m1/s1. The third-order valence-electron chi connectivity index (χ3n) is 3.45. The van der Waals surface area contributed by atoms with E-state index in [1.165, 1.54) is 6.92 Å². The lowest BCUT2D eigenvalue weighted by Gasteiger charge is -2.26. The number of carbonyl (C=O) groups excluding carboxylic acids is 2. The van der Waals surface area contributed by atoms with Crippen LogP contribution < -0.4 is 5.32 Å². The van der Waals surface area contributed by atoms with Crippen molar-refractivity contribution in [3.8, 4) is 0 Å². The van der Waals surface area contributed by atoms with Gasteiger partial charge >= 0.3 is 5.97 Å². The van der Waals surface area contributed by atoms with Crippen molar-refractivity contribution in [3.63, 3.8) is 0 Å². The zero-order chi connectivity index (χ0) is 16.8. The van der Waals surface area contributed by atoms with E-state index in [4.69, 9.17) is 4.74 Å². The molecule has 23 heavy (non-hydrogen) atoms. The largest absolute Gasteiger partial charge is 0.455 e. The van der Waals surface area contributed by atoms with Gasteiger partial charge in [0.2, 0.25) is 0 Å². The molecule has 0 spiro atoms. The van der Waals surface area contributed by atoms with Crippen LogP contribution in [0.4, 0.5) is 0 Å². The maximum Gasteiger partial charge on any atom is 0.303 e. The summed E-state index contributed by atoms with van der Waals surface area (Å²) in [5, 5.41) is 2.98. The van der Waals surface area contributed by atoms with Gasteiger partial charge in [-0.3, -0.25) is 9.59 Å². The van der Waals surface area contributed by atoms with Crippen LogP contribution in [0.5, 0.6) is 0 Å². The summed E-state index contributed by atoms with van der Waals surface area (Å²) in [4.78, 5) is 24.3. The van der Waals surface area contributed by atoms with Crippen LogP contribution in [-0.4, -0.2) is 24.8 Å². The van der Waals surface area contributed by atoms with Crippen LogP contribution in [-0.2, 0) is 9.53 Å². The molecule has 0 heterocycles. The molecule has 0 aliphatic rings. The monoisotopic (exact) mass is 375 g/mol. The number of hydrogen-bond acceptors (Lipinski definition) is 4. The first kappa shape index (κ1) is 17.4. The smallest absolute Gasteiger partial charge is 0.303 e. The van der Waals surface area contributed by atoms with Crippen molar-refractivity contribution >= 4 is 27.7 Å². The fourth-order valence-electron chi connectivity index (χ4n) is 2.36. The summed E-state index contributed by atoms with van der Waals surface area (Å²) in [6.07, 6.45) is -0.696. The van der Waals surface area contributed by atoms with E-state index in [2.05, 4.69) is 21.2 Å². The Morgan fingerprint density at radius 1 is 1.04 bits per heavy atom. The molecular formula is C18H18BrNO3. The Bertz CT molecular complexity index is 670. The normalized spacial score (nSPS) is 13.2. The quantitative estimate of drug-likeness (QED) is 0.619. The van der Waals surface area contributed by atoms with Crippen molar-refractivity contribution in [2.45, 2.75) is 19.1 Å². The summed E-state index contributed by atoms with van der Waals surface area (Å²) in [5.74, 6) is -0.554. The van der Waals surface area contributed by atoms with E-state index in [1.54, 1.807) is 31.3 Å². The maximum absolute atomic E-state index is 12.8. The Morgan fingerprint density at radius 2 is 1.65 bits per heavy atom. The summed E-state index contributed by atoms with van der Waals surface area (Å²) in [5.41, 5.74) is 1.33. The predicted octanol–water partition coefficient (Wildman–Crippen LogP) is 3.52. The van der Waals surface area contributed by atoms with Crippen LogP contribution in [0.2, 0.25) is 0 Å². The van der Waals surface area contributed by atoms with Gasteiger partial charge in [-0.1, -0.05) is 58.4 Å². The number of nitrogens with one attached hydrogen (secondary N) is 1. The average Bonchev–Trinajstić information content (AvgIpc) is 2.55. The van der Waals surface area contributed by atoms with E-state index in [0.29, 0.717) is 5.56 Å². The van der Waals surface area contributed by atoms with Gasteiger partial charge in [0, 0.05) is 17.0 Å². The highest BCUT2D eigenvalue weighted by atomic mass is 79.9. The second-order valence-corrected chi connectivity index (χ2v) is 5.99. The SMILES string of the molecule is CN[C@H](C(=O)c1ccccc1)[C@@H](OC(C)=O)c1ccc(Br)cc1. The minimum Gasteiger partial charge on any atom is -0.455 e. The van der Waals surface area contributed by atoms with Crippen molar-refractivity contribution in [3.05, 3.63) is 70.2 Å². The Labute approximate surface area is 144 Å². The molecule has 0 aliphatic carbocycles. The molecule has 0 saturated heterocycles. The van der Waals surface area contributed by atoms with E-state index in [0.717, 1.165) is 10.0 Å². The van der Waals surface area contributed by atoms with Crippen LogP contribution >= 0.6 is 15.9 Å². The summed E-state index contributed by atoms with van der Waals surface area (Å²) < 4.78 is 6.35. The molecule has 0 saturated carbocycles. The van der Waals surface area contributed by atoms with Crippen LogP contribution in [0, 0.1) is 0 Å². The molecule has 5 heteroatoms. The van der Waals surface area contributed by atoms with Crippen molar-refractivity contribution in [2.75, 3.05) is 7.05 Å². The Morgan fingerprint density at radius 3 is 2.17 bits per heavy atom. The highest BCUT2D eigenvalue weighted by Crippen LogP contribution is 2.25. The number of halogens is 1. The lowest BCUT2D eigenvalue weighted by atomic mass is 9.95. The Hall–Kier alpha value is -1.98. The minimum atomic E-state index is -0.696. The van der Waals surface area contributed by atoms with Gasteiger partial charge in [-0.2, -0.15) is 0 Å². The van der Waals surface area contributed by atoms with Crippen LogP contribution in [0.25, 0.3) is 0 Å². The Kier molecular flexibility index (Phi) is 6.07. The maximum atomic E-state index is 12.8. The first-order valence-corrected chi connectivity index (χ1v) is 8.01. The Balaban J connectivity index is 2.37. The molecule has 4 nitrogen and oxygen atoms in total. The van der Waals surface area contributed by atoms with Crippen LogP contribution in [0.15, 0.2) is 59.1 Å². The molecule has 120 valence electrons. The molecule has 0 aromatic heterocycles. The van der Waals surface area contributed by atoms with E-state index >= 15 is 0 Å². The van der Waals surface area contributed by atoms with Gasteiger partial charge in [-0.05, 0) is 24.7 Å². The molecule has 1 N–H and O–H groups in total. The molecule has 0 bridgehead atoms. The van der Waals surface area contributed by atoms with Crippen LogP contribution in [0.1, 0.15) is 28.9 Å². The molecule has 0 aliphatic heterocycles. The number of benzene rings is 2. The number of hydrogen-bond donors (Lipinski definition) is 1. The fourth-order valence-corrected chi connectivity index (χ4v) is 2.63. The van der Waals surface area contributed by atoms with Gasteiger partial charge in [0.05, 0.1) is 0 Å². The first-order valence-electron chi connectivity index (χ1n) is 7.22. The van der Waals surface area contributed by atoms with Crippen LogP contribution in [0.3, 0.4) is 0 Å². The zero-order valence-electron chi connectivity index (χ0n) is 13.0. The number of esters is 1. The predicted molar refractivity (Wildman–Crippen MR) is 92.3 cm³/mol. The second-order valence-electron chi connectivity index (χ2n) is 5.08. The topological polar surface area (TPSA) is 55.4 Å². The van der Waals surface area contributed by atoms with Gasteiger partial charge < -0.3 is 10.1 Å². The number of rotatable bonds is 6. The van der Waals surface area contributed by atoms with Crippen molar-refractivity contribution in [1.82, 2.24) is 5.32 Å². The summed E-state index contributed by atoms with van der Waals surface area (Å²) in [7, 11) is 1.68. The van der Waals surface area contributed by atoms with E-state index in [1.807, 2.05) is 30.3 Å². The minimum absolute atomic E-state index is 0.123. The van der Waals surface area contributed by atoms with Crippen molar-refractivity contribution < 1.29 is 14.3 Å². The second kappa shape index (κ2) is 8.04. The van der Waals surface area contributed by atoms with E-state index in [9.17, 15) is 9.59 Å². The van der Waals surface area contributed by atoms with Crippen molar-refractivity contribution in [1.29, 1.82) is 0 Å². The number of likely N-dealkylation sites (N-methyl/N-ethyl adjacent to an activating group) is 1. The summed E-state index contributed by atoms with van der Waals surface area (Å²) in [6, 6.07) is 15.7. The summed E-state index contributed by atoms with van der Waals surface area (Å²) in [6.45, 7) is 1.34. The van der Waals surface area contributed by atoms with E-state index < -0.39 is 18.1 Å². The third kappa shape index (κ3) is 4.50. The molecule has 0 radical (unpaired) electrons. The van der Waals surface area contributed by atoms with Crippen molar-refractivity contribution in [2.24, 2.45) is 0 Å². The van der Waals surface area contributed by atoms with Gasteiger partial charge in [-0.15, -0.1) is 0 Å². The number of ether oxygens (including phenoxy) is 1. The fraction of sp³-hybridized carbons (Fsp3) is 0.222. The molecule has 2 rings (SSSR count). The number of ketones is 1. The highest BCUT2D eigenvalue weighted by molar-refractivity contribution is 9.10. The third-order valence-corrected chi connectivity index (χ3v) is 3.97. The molecule has 2 aromatic rings. The average molecular weight is 376 g/mol. The lowest BCUT2D eigenvalue weighted by Crippen LogP contribution is -2.41. The molecule has 2 aromatic carbocycles. The van der Waals surface area contributed by atoms with Gasteiger partial charge in [-0.25, -0.2) is 0 Å². The highest BCUT2D eigenvalue weighted by Gasteiger charge is 2.31.